The van der Waals surface area contributed by atoms with Gasteiger partial charge in [-0.1, -0.05) is 41.9 Å². The second kappa shape index (κ2) is 6.63. The lowest BCUT2D eigenvalue weighted by Gasteiger charge is -2.29. The van der Waals surface area contributed by atoms with E-state index in [4.69, 9.17) is 22.7 Å². The van der Waals surface area contributed by atoms with Crippen LogP contribution in [-0.2, 0) is 4.79 Å². The zero-order valence-electron chi connectivity index (χ0n) is 13.0. The van der Waals surface area contributed by atoms with Gasteiger partial charge in [0.15, 0.2) is 0 Å². The maximum atomic E-state index is 12.6. The summed E-state index contributed by atoms with van der Waals surface area (Å²) in [6.07, 6.45) is 1.66. The van der Waals surface area contributed by atoms with Crippen molar-refractivity contribution in [2.75, 3.05) is 4.90 Å². The Bertz CT molecular complexity index is 953. The number of amidine groups is 1. The van der Waals surface area contributed by atoms with Crippen LogP contribution in [0.2, 0.25) is 5.02 Å². The topological polar surface area (TPSA) is 94.0 Å². The third-order valence-electron chi connectivity index (χ3n) is 3.76. The van der Waals surface area contributed by atoms with Crippen LogP contribution in [0.5, 0.6) is 0 Å². The number of carbonyl (C=O) groups excluding carboxylic acids is 1. The van der Waals surface area contributed by atoms with Crippen molar-refractivity contribution < 1.29 is 4.79 Å². The summed E-state index contributed by atoms with van der Waals surface area (Å²) >= 11 is 5.89. The fourth-order valence-corrected chi connectivity index (χ4v) is 2.64. The number of amides is 1. The summed E-state index contributed by atoms with van der Waals surface area (Å²) in [7, 11) is 0. The molecule has 2 aromatic rings. The Balaban J connectivity index is 2.16. The number of rotatable bonds is 2. The van der Waals surface area contributed by atoms with E-state index < -0.39 is 5.91 Å². The molecule has 0 bridgehead atoms. The molecule has 3 N–H and O–H groups in total. The Morgan fingerprint density at radius 1 is 1.12 bits per heavy atom. The summed E-state index contributed by atoms with van der Waals surface area (Å²) < 4.78 is 0. The summed E-state index contributed by atoms with van der Waals surface area (Å²) in [5.41, 5.74) is 7.39. The van der Waals surface area contributed by atoms with Gasteiger partial charge < -0.3 is 5.73 Å². The minimum atomic E-state index is -0.607. The number of nitriles is 1. The lowest BCUT2D eigenvalue weighted by Crippen LogP contribution is -2.44. The molecule has 0 spiro atoms. The second-order valence-corrected chi connectivity index (χ2v) is 5.77. The number of halogens is 1. The largest absolute Gasteiger partial charge is 0.397 e. The third-order valence-corrected chi connectivity index (χ3v) is 4.01. The summed E-state index contributed by atoms with van der Waals surface area (Å²) in [6.45, 7) is 0. The molecule has 0 saturated heterocycles. The highest BCUT2D eigenvalue weighted by molar-refractivity contribution is 6.33. The van der Waals surface area contributed by atoms with Crippen LogP contribution in [0.1, 0.15) is 5.56 Å². The van der Waals surface area contributed by atoms with Gasteiger partial charge in [-0.15, -0.1) is 0 Å². The molecule has 1 amide bonds. The summed E-state index contributed by atoms with van der Waals surface area (Å²) in [4.78, 5) is 13.8. The second-order valence-electron chi connectivity index (χ2n) is 5.33. The van der Waals surface area contributed by atoms with Gasteiger partial charge >= 0.3 is 0 Å². The molecule has 0 aliphatic carbocycles. The third kappa shape index (κ3) is 3.03. The monoisotopic (exact) mass is 348 g/mol. The Morgan fingerprint density at radius 2 is 1.76 bits per heavy atom. The first-order valence-corrected chi connectivity index (χ1v) is 7.76. The van der Waals surface area contributed by atoms with Crippen LogP contribution in [0.3, 0.4) is 0 Å². The Kier molecular flexibility index (Phi) is 4.38. The van der Waals surface area contributed by atoms with Gasteiger partial charge in [-0.3, -0.25) is 15.1 Å². The van der Waals surface area contributed by atoms with E-state index in [1.54, 1.807) is 60.7 Å². The van der Waals surface area contributed by atoms with E-state index in [1.807, 2.05) is 6.07 Å². The SMILES string of the molecule is N#CC1=C(N)/C(=C/c2ccc(Cl)cc2)C(=N)N(c2ccccc2)C1=O. The van der Waals surface area contributed by atoms with Gasteiger partial charge in [-0.25, -0.2) is 0 Å². The van der Waals surface area contributed by atoms with Crippen molar-refractivity contribution in [3.63, 3.8) is 0 Å². The van der Waals surface area contributed by atoms with E-state index in [0.29, 0.717) is 16.3 Å². The number of nitrogens with one attached hydrogen (secondary N) is 1. The zero-order chi connectivity index (χ0) is 18.0. The van der Waals surface area contributed by atoms with Crippen LogP contribution in [-0.4, -0.2) is 11.7 Å². The van der Waals surface area contributed by atoms with Crippen molar-refractivity contribution in [2.45, 2.75) is 0 Å². The van der Waals surface area contributed by atoms with Gasteiger partial charge in [0, 0.05) is 10.6 Å². The number of nitrogens with zero attached hydrogens (tertiary/aromatic N) is 2. The molecule has 25 heavy (non-hydrogen) atoms. The predicted molar refractivity (Wildman–Crippen MR) is 97.9 cm³/mol. The van der Waals surface area contributed by atoms with Crippen molar-refractivity contribution in [1.82, 2.24) is 0 Å². The van der Waals surface area contributed by atoms with Gasteiger partial charge in [0.1, 0.15) is 17.5 Å². The molecule has 0 aromatic heterocycles. The lowest BCUT2D eigenvalue weighted by atomic mass is 9.97. The molecular weight excluding hydrogens is 336 g/mol. The molecule has 0 atom stereocenters. The first kappa shape index (κ1) is 16.5. The lowest BCUT2D eigenvalue weighted by molar-refractivity contribution is -0.114. The van der Waals surface area contributed by atoms with Crippen molar-refractivity contribution in [1.29, 1.82) is 10.7 Å². The number of benzene rings is 2. The number of para-hydroxylation sites is 1. The predicted octanol–water partition coefficient (Wildman–Crippen LogP) is 3.48. The van der Waals surface area contributed by atoms with Crippen LogP contribution in [0.15, 0.2) is 71.4 Å². The average molecular weight is 349 g/mol. The van der Waals surface area contributed by atoms with E-state index >= 15 is 0 Å². The van der Waals surface area contributed by atoms with E-state index in [9.17, 15) is 10.1 Å². The molecule has 0 radical (unpaired) electrons. The zero-order valence-corrected chi connectivity index (χ0v) is 13.8. The molecule has 0 fully saturated rings. The Labute approximate surface area is 149 Å². The highest BCUT2D eigenvalue weighted by Crippen LogP contribution is 2.28. The number of carbonyl (C=O) groups is 1. The Morgan fingerprint density at radius 3 is 2.36 bits per heavy atom. The molecule has 1 aliphatic heterocycles. The van der Waals surface area contributed by atoms with Gasteiger partial charge in [-0.2, -0.15) is 5.26 Å². The maximum Gasteiger partial charge on any atom is 0.276 e. The van der Waals surface area contributed by atoms with Crippen LogP contribution in [0.25, 0.3) is 6.08 Å². The smallest absolute Gasteiger partial charge is 0.276 e. The van der Waals surface area contributed by atoms with Crippen LogP contribution in [0.4, 0.5) is 5.69 Å². The fraction of sp³-hybridized carbons (Fsp3) is 0. The molecule has 0 saturated carbocycles. The minimum Gasteiger partial charge on any atom is -0.397 e. The van der Waals surface area contributed by atoms with Gasteiger partial charge in [0.25, 0.3) is 5.91 Å². The normalized spacial score (nSPS) is 16.3. The highest BCUT2D eigenvalue weighted by Gasteiger charge is 2.34. The molecule has 5 nitrogen and oxygen atoms in total. The number of anilines is 1. The van der Waals surface area contributed by atoms with Crippen molar-refractivity contribution in [3.05, 3.63) is 82.0 Å². The van der Waals surface area contributed by atoms with Gasteiger partial charge in [0.05, 0.1) is 11.4 Å². The number of hydrogen-bond acceptors (Lipinski definition) is 4. The maximum absolute atomic E-state index is 12.6. The summed E-state index contributed by atoms with van der Waals surface area (Å²) in [6, 6.07) is 17.5. The van der Waals surface area contributed by atoms with Crippen LogP contribution >= 0.6 is 11.6 Å². The van der Waals surface area contributed by atoms with E-state index in [0.717, 1.165) is 5.56 Å². The highest BCUT2D eigenvalue weighted by atomic mass is 35.5. The molecule has 122 valence electrons. The first-order chi connectivity index (χ1) is 12.0. The van der Waals surface area contributed by atoms with E-state index in [2.05, 4.69) is 0 Å². The Hall–Kier alpha value is -3.36. The molecule has 2 aromatic carbocycles. The molecule has 6 heteroatoms. The minimum absolute atomic E-state index is 0.000342. The van der Waals surface area contributed by atoms with Crippen LogP contribution in [0, 0.1) is 16.7 Å². The number of hydrogen-bond donors (Lipinski definition) is 2. The average Bonchev–Trinajstić information content (AvgIpc) is 2.62. The standard InChI is InChI=1S/C19H13ClN4O/c20-13-8-6-12(7-9-13)10-15-17(22)16(11-21)19(25)24(18(15)23)14-4-2-1-3-5-14/h1-10,23H,22H2/b15-10-,23-18?. The van der Waals surface area contributed by atoms with E-state index in [1.165, 1.54) is 4.90 Å². The molecule has 1 heterocycles. The molecule has 3 rings (SSSR count). The number of nitrogens with two attached hydrogens (primary N) is 1. The quantitative estimate of drug-likeness (QED) is 0.869. The van der Waals surface area contributed by atoms with Gasteiger partial charge in [0.2, 0.25) is 0 Å². The first-order valence-electron chi connectivity index (χ1n) is 7.39. The molecule has 1 aliphatic rings. The van der Waals surface area contributed by atoms with Crippen molar-refractivity contribution >= 4 is 35.1 Å². The van der Waals surface area contributed by atoms with Gasteiger partial charge in [-0.05, 0) is 35.9 Å². The molecular formula is C19H13ClN4O. The molecule has 0 unspecified atom stereocenters. The van der Waals surface area contributed by atoms with Crippen molar-refractivity contribution in [2.24, 2.45) is 5.73 Å². The fourth-order valence-electron chi connectivity index (χ4n) is 2.51. The van der Waals surface area contributed by atoms with E-state index in [-0.39, 0.29) is 17.1 Å². The van der Waals surface area contributed by atoms with Crippen molar-refractivity contribution in [3.8, 4) is 6.07 Å². The summed E-state index contributed by atoms with van der Waals surface area (Å²) in [5, 5.41) is 18.4. The summed E-state index contributed by atoms with van der Waals surface area (Å²) in [5.74, 6) is -0.688. The van der Waals surface area contributed by atoms with Crippen LogP contribution < -0.4 is 10.6 Å².